The van der Waals surface area contributed by atoms with Gasteiger partial charge in [0.25, 0.3) is 5.91 Å². The summed E-state index contributed by atoms with van der Waals surface area (Å²) in [6.07, 6.45) is 6.29. The second-order valence-electron chi connectivity index (χ2n) is 7.66. The van der Waals surface area contributed by atoms with E-state index in [4.69, 9.17) is 0 Å². The fourth-order valence-electron chi connectivity index (χ4n) is 3.36. The molecule has 0 saturated carbocycles. The lowest BCUT2D eigenvalue weighted by molar-refractivity contribution is 0.102. The minimum atomic E-state index is -0.206. The molecule has 5 nitrogen and oxygen atoms in total. The van der Waals surface area contributed by atoms with Gasteiger partial charge in [0.2, 0.25) is 0 Å². The summed E-state index contributed by atoms with van der Waals surface area (Å²) in [7, 11) is 0. The molecule has 1 atom stereocenters. The van der Waals surface area contributed by atoms with E-state index in [1.807, 2.05) is 6.92 Å². The average Bonchev–Trinajstić information content (AvgIpc) is 3.17. The van der Waals surface area contributed by atoms with Gasteiger partial charge in [-0.3, -0.25) is 9.48 Å². The number of nitrogens with one attached hydrogen (secondary N) is 1. The predicted molar refractivity (Wildman–Crippen MR) is 99.9 cm³/mol. The molecule has 132 valence electrons. The second-order valence-corrected chi connectivity index (χ2v) is 8.77. The van der Waals surface area contributed by atoms with Crippen molar-refractivity contribution in [3.8, 4) is 6.07 Å². The third kappa shape index (κ3) is 3.47. The maximum atomic E-state index is 12.5. The van der Waals surface area contributed by atoms with Crippen LogP contribution in [-0.4, -0.2) is 15.7 Å². The second kappa shape index (κ2) is 6.64. The fraction of sp³-hybridized carbons (Fsp3) is 0.526. The number of amides is 1. The number of carbonyl (C=O) groups excluding carboxylic acids is 1. The van der Waals surface area contributed by atoms with Gasteiger partial charge in [-0.15, -0.1) is 11.3 Å². The molecule has 0 spiro atoms. The van der Waals surface area contributed by atoms with Gasteiger partial charge >= 0.3 is 0 Å². The molecule has 0 fully saturated rings. The molecular formula is C19H24N4OS. The molecule has 0 aromatic carbocycles. The Labute approximate surface area is 152 Å². The van der Waals surface area contributed by atoms with Crippen molar-refractivity contribution in [3.63, 3.8) is 0 Å². The van der Waals surface area contributed by atoms with E-state index in [1.54, 1.807) is 28.4 Å². The van der Waals surface area contributed by atoms with Crippen LogP contribution in [0.4, 0.5) is 5.00 Å². The highest BCUT2D eigenvalue weighted by molar-refractivity contribution is 7.16. The molecule has 0 radical (unpaired) electrons. The van der Waals surface area contributed by atoms with Crippen LogP contribution in [0.5, 0.6) is 0 Å². The van der Waals surface area contributed by atoms with Crippen molar-refractivity contribution in [1.29, 1.82) is 5.26 Å². The first-order valence-electron chi connectivity index (χ1n) is 8.72. The fourth-order valence-corrected chi connectivity index (χ4v) is 4.63. The van der Waals surface area contributed by atoms with Crippen LogP contribution in [0.1, 0.15) is 60.5 Å². The maximum Gasteiger partial charge on any atom is 0.259 e. The molecule has 0 saturated heterocycles. The standard InChI is InChI=1S/C19H24N4OS/c1-5-23-11-12(10-21-23)17(24)22-18-15(9-20)14-7-6-13(19(2,3)4)8-16(14)25-18/h10-11,13H,5-8H2,1-4H3,(H,22,24)/t13-/m1/s1. The molecule has 1 N–H and O–H groups in total. The Morgan fingerprint density at radius 1 is 1.52 bits per heavy atom. The van der Waals surface area contributed by atoms with E-state index in [2.05, 4.69) is 37.3 Å². The number of aryl methyl sites for hydroxylation is 1. The van der Waals surface area contributed by atoms with Crippen LogP contribution in [0.25, 0.3) is 0 Å². The highest BCUT2D eigenvalue weighted by atomic mass is 32.1. The normalized spacial score (nSPS) is 17.0. The van der Waals surface area contributed by atoms with E-state index in [1.165, 1.54) is 4.88 Å². The van der Waals surface area contributed by atoms with Gasteiger partial charge in [0.1, 0.15) is 11.1 Å². The molecule has 0 bridgehead atoms. The summed E-state index contributed by atoms with van der Waals surface area (Å²) in [6, 6.07) is 2.31. The van der Waals surface area contributed by atoms with E-state index in [-0.39, 0.29) is 11.3 Å². The van der Waals surface area contributed by atoms with Crippen molar-refractivity contribution in [2.45, 2.75) is 53.5 Å². The highest BCUT2D eigenvalue weighted by Crippen LogP contribution is 2.44. The lowest BCUT2D eigenvalue weighted by Crippen LogP contribution is -2.26. The maximum absolute atomic E-state index is 12.5. The smallest absolute Gasteiger partial charge is 0.259 e. The van der Waals surface area contributed by atoms with E-state index < -0.39 is 0 Å². The molecule has 2 aromatic heterocycles. The molecular weight excluding hydrogens is 332 g/mol. The summed E-state index contributed by atoms with van der Waals surface area (Å²) >= 11 is 1.56. The van der Waals surface area contributed by atoms with Crippen LogP contribution in [0.3, 0.4) is 0 Å². The topological polar surface area (TPSA) is 70.7 Å². The Bertz CT molecular complexity index is 835. The molecule has 1 aliphatic carbocycles. The molecule has 2 aromatic rings. The van der Waals surface area contributed by atoms with Crippen molar-refractivity contribution in [2.24, 2.45) is 11.3 Å². The molecule has 0 unspecified atom stereocenters. The van der Waals surface area contributed by atoms with Crippen molar-refractivity contribution in [3.05, 3.63) is 34.0 Å². The minimum Gasteiger partial charge on any atom is -0.312 e. The summed E-state index contributed by atoms with van der Waals surface area (Å²) < 4.78 is 1.72. The number of nitriles is 1. The molecule has 1 amide bonds. The SMILES string of the molecule is CCn1cc(C(=O)Nc2sc3c(c2C#N)CC[C@@H](C(C)(C)C)C3)cn1. The largest absolute Gasteiger partial charge is 0.312 e. The van der Waals surface area contributed by atoms with Gasteiger partial charge in [-0.2, -0.15) is 10.4 Å². The number of aromatic nitrogens is 2. The summed E-state index contributed by atoms with van der Waals surface area (Å²) in [5.74, 6) is 0.402. The molecule has 1 aliphatic rings. The number of hydrogen-bond acceptors (Lipinski definition) is 4. The van der Waals surface area contributed by atoms with Crippen LogP contribution in [0.15, 0.2) is 12.4 Å². The molecule has 25 heavy (non-hydrogen) atoms. The number of nitrogens with zero attached hydrogens (tertiary/aromatic N) is 3. The van der Waals surface area contributed by atoms with Crippen molar-refractivity contribution in [1.82, 2.24) is 9.78 Å². The Hall–Kier alpha value is -2.13. The summed E-state index contributed by atoms with van der Waals surface area (Å²) in [5.41, 5.74) is 2.55. The first-order chi connectivity index (χ1) is 11.8. The van der Waals surface area contributed by atoms with Gasteiger partial charge < -0.3 is 5.32 Å². The number of thiophene rings is 1. The van der Waals surface area contributed by atoms with Gasteiger partial charge in [0.15, 0.2) is 0 Å². The van der Waals surface area contributed by atoms with Gasteiger partial charge in [0, 0.05) is 17.6 Å². The van der Waals surface area contributed by atoms with E-state index in [9.17, 15) is 10.1 Å². The summed E-state index contributed by atoms with van der Waals surface area (Å²) in [4.78, 5) is 13.7. The monoisotopic (exact) mass is 356 g/mol. The van der Waals surface area contributed by atoms with E-state index in [0.29, 0.717) is 22.0 Å². The van der Waals surface area contributed by atoms with Gasteiger partial charge in [0.05, 0.1) is 17.3 Å². The lowest BCUT2D eigenvalue weighted by Gasteiger charge is -2.33. The Morgan fingerprint density at radius 3 is 2.88 bits per heavy atom. The highest BCUT2D eigenvalue weighted by Gasteiger charge is 2.32. The Kier molecular flexibility index (Phi) is 4.70. The van der Waals surface area contributed by atoms with Crippen LogP contribution >= 0.6 is 11.3 Å². The van der Waals surface area contributed by atoms with Crippen molar-refractivity contribution < 1.29 is 4.79 Å². The van der Waals surface area contributed by atoms with Crippen LogP contribution in [0, 0.1) is 22.7 Å². The third-order valence-electron chi connectivity index (χ3n) is 5.05. The number of anilines is 1. The zero-order valence-corrected chi connectivity index (χ0v) is 16.0. The van der Waals surface area contributed by atoms with Crippen LogP contribution in [0.2, 0.25) is 0 Å². The average molecular weight is 356 g/mol. The Morgan fingerprint density at radius 2 is 2.28 bits per heavy atom. The Balaban J connectivity index is 1.85. The number of hydrogen-bond donors (Lipinski definition) is 1. The molecule has 3 rings (SSSR count). The molecule has 6 heteroatoms. The van der Waals surface area contributed by atoms with E-state index in [0.717, 1.165) is 31.4 Å². The first-order valence-corrected chi connectivity index (χ1v) is 9.53. The van der Waals surface area contributed by atoms with Crippen LogP contribution < -0.4 is 5.32 Å². The molecule has 2 heterocycles. The van der Waals surface area contributed by atoms with E-state index >= 15 is 0 Å². The van der Waals surface area contributed by atoms with Crippen molar-refractivity contribution >= 4 is 22.2 Å². The predicted octanol–water partition coefficient (Wildman–Crippen LogP) is 4.24. The first kappa shape index (κ1) is 17.7. The number of fused-ring (bicyclic) bond motifs is 1. The zero-order chi connectivity index (χ0) is 18.2. The number of carbonyl (C=O) groups is 1. The molecule has 0 aliphatic heterocycles. The quantitative estimate of drug-likeness (QED) is 0.894. The van der Waals surface area contributed by atoms with Gasteiger partial charge in [-0.25, -0.2) is 0 Å². The number of rotatable bonds is 3. The summed E-state index contributed by atoms with van der Waals surface area (Å²) in [5, 5.41) is 17.3. The third-order valence-corrected chi connectivity index (χ3v) is 6.22. The van der Waals surface area contributed by atoms with Crippen molar-refractivity contribution in [2.75, 3.05) is 5.32 Å². The van der Waals surface area contributed by atoms with Gasteiger partial charge in [-0.05, 0) is 43.1 Å². The summed E-state index contributed by atoms with van der Waals surface area (Å²) in [6.45, 7) is 9.51. The zero-order valence-electron chi connectivity index (χ0n) is 15.2. The minimum absolute atomic E-state index is 0.206. The van der Waals surface area contributed by atoms with Crippen LogP contribution in [-0.2, 0) is 19.4 Å². The lowest BCUT2D eigenvalue weighted by atomic mass is 9.72. The van der Waals surface area contributed by atoms with Gasteiger partial charge in [-0.1, -0.05) is 20.8 Å².